The van der Waals surface area contributed by atoms with Gasteiger partial charge in [-0.05, 0) is 23.6 Å². The van der Waals surface area contributed by atoms with Gasteiger partial charge in [-0.1, -0.05) is 0 Å². The van der Waals surface area contributed by atoms with E-state index < -0.39 is 29.6 Å². The summed E-state index contributed by atoms with van der Waals surface area (Å²) in [7, 11) is 0. The Balaban J connectivity index is 2.85. The number of nitrogens with one attached hydrogen (secondary N) is 1. The van der Waals surface area contributed by atoms with Gasteiger partial charge >= 0.3 is 0 Å². The maximum Gasteiger partial charge on any atom is 0.296 e. The van der Waals surface area contributed by atoms with E-state index >= 15 is 0 Å². The van der Waals surface area contributed by atoms with E-state index in [0.29, 0.717) is 5.56 Å². The van der Waals surface area contributed by atoms with Crippen molar-refractivity contribution in [1.82, 2.24) is 5.32 Å². The number of non-ortho nitro benzene ring substituents is 1. The number of nitro benzene ring substituents is 1. The smallest absolute Gasteiger partial charge is 0.296 e. The summed E-state index contributed by atoms with van der Waals surface area (Å²) in [6.07, 6.45) is 3.65. The molecule has 0 saturated heterocycles. The van der Waals surface area contributed by atoms with Gasteiger partial charge in [0.1, 0.15) is 6.10 Å². The molecule has 1 rings (SSSR count). The SMILES string of the molecule is C#CC(=O)N[C@H](CO)[C@H](O)c1ccc([N+](=O)[O-])cc1. The molecule has 2 atom stereocenters. The standard InChI is InChI=1S/C12H12N2O5/c1-2-11(16)13-10(7-15)12(17)8-3-5-9(6-4-8)14(18)19/h1,3-6,10,12,15,17H,7H2,(H,13,16)/t10-,12-/m1/s1. The van der Waals surface area contributed by atoms with Crippen LogP contribution >= 0.6 is 0 Å². The molecule has 1 aromatic carbocycles. The molecular formula is C12H12N2O5. The van der Waals surface area contributed by atoms with Crippen LogP contribution in [0.2, 0.25) is 0 Å². The first-order valence-corrected chi connectivity index (χ1v) is 5.30. The maximum absolute atomic E-state index is 11.0. The number of hydrogen-bond acceptors (Lipinski definition) is 5. The zero-order valence-electron chi connectivity index (χ0n) is 9.81. The summed E-state index contributed by atoms with van der Waals surface area (Å²) in [5, 5.41) is 31.8. The van der Waals surface area contributed by atoms with Crippen molar-refractivity contribution in [3.8, 4) is 12.3 Å². The third-order valence-electron chi connectivity index (χ3n) is 2.47. The summed E-state index contributed by atoms with van der Waals surface area (Å²) < 4.78 is 0. The van der Waals surface area contributed by atoms with Crippen molar-refractivity contribution < 1.29 is 19.9 Å². The molecule has 100 valence electrons. The van der Waals surface area contributed by atoms with Crippen LogP contribution in [-0.2, 0) is 4.79 Å². The number of amides is 1. The number of terminal acetylenes is 1. The van der Waals surface area contributed by atoms with Gasteiger partial charge in [-0.3, -0.25) is 14.9 Å². The lowest BCUT2D eigenvalue weighted by Crippen LogP contribution is -2.41. The van der Waals surface area contributed by atoms with Gasteiger partial charge in [-0.2, -0.15) is 0 Å². The third-order valence-corrected chi connectivity index (χ3v) is 2.47. The van der Waals surface area contributed by atoms with Gasteiger partial charge in [0.2, 0.25) is 0 Å². The Hall–Kier alpha value is -2.43. The van der Waals surface area contributed by atoms with Gasteiger partial charge in [-0.25, -0.2) is 0 Å². The predicted molar refractivity (Wildman–Crippen MR) is 65.9 cm³/mol. The minimum absolute atomic E-state index is 0.121. The lowest BCUT2D eigenvalue weighted by molar-refractivity contribution is -0.384. The molecule has 0 spiro atoms. The molecule has 0 aromatic heterocycles. The second-order valence-electron chi connectivity index (χ2n) is 3.70. The second kappa shape index (κ2) is 6.49. The van der Waals surface area contributed by atoms with E-state index in [4.69, 9.17) is 11.5 Å². The maximum atomic E-state index is 11.0. The minimum Gasteiger partial charge on any atom is -0.394 e. The van der Waals surface area contributed by atoms with Crippen LogP contribution in [0, 0.1) is 22.5 Å². The fourth-order valence-electron chi connectivity index (χ4n) is 1.46. The fraction of sp³-hybridized carbons (Fsp3) is 0.250. The summed E-state index contributed by atoms with van der Waals surface area (Å²) in [5.74, 6) is 1.03. The molecule has 0 aliphatic heterocycles. The first-order valence-electron chi connectivity index (χ1n) is 5.30. The topological polar surface area (TPSA) is 113 Å². The highest BCUT2D eigenvalue weighted by molar-refractivity contribution is 5.93. The molecule has 0 fully saturated rings. The van der Waals surface area contributed by atoms with Gasteiger partial charge < -0.3 is 15.5 Å². The van der Waals surface area contributed by atoms with Crippen molar-refractivity contribution in [2.75, 3.05) is 6.61 Å². The number of aliphatic hydroxyl groups is 2. The van der Waals surface area contributed by atoms with Crippen molar-refractivity contribution in [2.24, 2.45) is 0 Å². The Morgan fingerprint density at radius 1 is 1.47 bits per heavy atom. The van der Waals surface area contributed by atoms with Gasteiger partial charge in [0.25, 0.3) is 11.6 Å². The molecule has 3 N–H and O–H groups in total. The number of carbonyl (C=O) groups excluding carboxylic acids is 1. The third kappa shape index (κ3) is 3.77. The number of nitrogens with zero attached hydrogens (tertiary/aromatic N) is 1. The van der Waals surface area contributed by atoms with E-state index in [1.54, 1.807) is 5.92 Å². The molecule has 0 heterocycles. The molecule has 19 heavy (non-hydrogen) atoms. The summed E-state index contributed by atoms with van der Waals surface area (Å²) in [4.78, 5) is 20.9. The Labute approximate surface area is 109 Å². The number of rotatable bonds is 5. The van der Waals surface area contributed by atoms with E-state index in [9.17, 15) is 20.0 Å². The molecule has 1 aromatic rings. The molecule has 7 heteroatoms. The summed E-state index contributed by atoms with van der Waals surface area (Å²) in [6, 6.07) is 4.14. The van der Waals surface area contributed by atoms with Crippen LogP contribution in [0.5, 0.6) is 0 Å². The van der Waals surface area contributed by atoms with Crippen molar-refractivity contribution >= 4 is 11.6 Å². The van der Waals surface area contributed by atoms with Crippen molar-refractivity contribution in [3.63, 3.8) is 0 Å². The van der Waals surface area contributed by atoms with Crippen molar-refractivity contribution in [1.29, 1.82) is 0 Å². The van der Waals surface area contributed by atoms with Gasteiger partial charge in [0.15, 0.2) is 0 Å². The van der Waals surface area contributed by atoms with Crippen LogP contribution in [0.3, 0.4) is 0 Å². The van der Waals surface area contributed by atoms with Crippen molar-refractivity contribution in [2.45, 2.75) is 12.1 Å². The van der Waals surface area contributed by atoms with E-state index in [-0.39, 0.29) is 5.69 Å². The fourth-order valence-corrected chi connectivity index (χ4v) is 1.46. The quantitative estimate of drug-likeness (QED) is 0.385. The highest BCUT2D eigenvalue weighted by Gasteiger charge is 2.22. The lowest BCUT2D eigenvalue weighted by atomic mass is 10.0. The van der Waals surface area contributed by atoms with E-state index in [1.165, 1.54) is 24.3 Å². The van der Waals surface area contributed by atoms with Crippen LogP contribution in [0.4, 0.5) is 5.69 Å². The van der Waals surface area contributed by atoms with Crippen molar-refractivity contribution in [3.05, 3.63) is 39.9 Å². The first kappa shape index (κ1) is 14.6. The van der Waals surface area contributed by atoms with E-state index in [2.05, 4.69) is 5.32 Å². The Morgan fingerprint density at radius 2 is 2.05 bits per heavy atom. The number of aliphatic hydroxyl groups excluding tert-OH is 2. The molecular weight excluding hydrogens is 252 g/mol. The van der Waals surface area contributed by atoms with Crippen LogP contribution in [0.15, 0.2) is 24.3 Å². The summed E-state index contributed by atoms with van der Waals surface area (Å²) >= 11 is 0. The molecule has 0 aliphatic carbocycles. The van der Waals surface area contributed by atoms with Crippen LogP contribution < -0.4 is 5.32 Å². The predicted octanol–water partition coefficient (Wildman–Crippen LogP) is -0.262. The number of hydrogen-bond donors (Lipinski definition) is 3. The van der Waals surface area contributed by atoms with E-state index in [1.807, 2.05) is 0 Å². The lowest BCUT2D eigenvalue weighted by Gasteiger charge is -2.21. The molecule has 7 nitrogen and oxygen atoms in total. The van der Waals surface area contributed by atoms with Crippen LogP contribution in [-0.4, -0.2) is 33.7 Å². The molecule has 0 unspecified atom stereocenters. The highest BCUT2D eigenvalue weighted by atomic mass is 16.6. The first-order chi connectivity index (χ1) is 8.99. The Kier molecular flexibility index (Phi) is 5.00. The van der Waals surface area contributed by atoms with Gasteiger partial charge in [0.05, 0.1) is 17.6 Å². The molecule has 0 bridgehead atoms. The average molecular weight is 264 g/mol. The van der Waals surface area contributed by atoms with Crippen LogP contribution in [0.25, 0.3) is 0 Å². The monoisotopic (exact) mass is 264 g/mol. The number of carbonyl (C=O) groups is 1. The van der Waals surface area contributed by atoms with Crippen LogP contribution in [0.1, 0.15) is 11.7 Å². The molecule has 1 amide bonds. The minimum atomic E-state index is -1.22. The average Bonchev–Trinajstić information content (AvgIpc) is 2.43. The van der Waals surface area contributed by atoms with Gasteiger partial charge in [-0.15, -0.1) is 6.42 Å². The largest absolute Gasteiger partial charge is 0.394 e. The summed E-state index contributed by atoms with van der Waals surface area (Å²) in [6.45, 7) is -0.522. The zero-order valence-corrected chi connectivity index (χ0v) is 9.81. The molecule has 0 radical (unpaired) electrons. The Bertz CT molecular complexity index is 506. The van der Waals surface area contributed by atoms with Gasteiger partial charge in [0, 0.05) is 12.1 Å². The highest BCUT2D eigenvalue weighted by Crippen LogP contribution is 2.20. The van der Waals surface area contributed by atoms with E-state index in [0.717, 1.165) is 0 Å². The normalized spacial score (nSPS) is 13.1. The molecule has 0 saturated carbocycles. The Morgan fingerprint density at radius 3 is 2.47 bits per heavy atom. The second-order valence-corrected chi connectivity index (χ2v) is 3.70. The summed E-state index contributed by atoms with van der Waals surface area (Å²) in [5.41, 5.74) is 0.200. The zero-order chi connectivity index (χ0) is 14.4. The number of nitro groups is 1. The molecule has 0 aliphatic rings. The number of benzene rings is 1.